The average molecular weight is 222 g/mol. The first-order chi connectivity index (χ1) is 7.81. The largest absolute Gasteiger partial charge is 0.342 e. The van der Waals surface area contributed by atoms with Crippen LogP contribution >= 0.6 is 0 Å². The maximum absolute atomic E-state index is 11.7. The van der Waals surface area contributed by atoms with Crippen LogP contribution in [0.15, 0.2) is 12.3 Å². The summed E-state index contributed by atoms with van der Waals surface area (Å²) in [5, 5.41) is 6.94. The molecule has 1 unspecified atom stereocenters. The van der Waals surface area contributed by atoms with Crippen molar-refractivity contribution in [2.45, 2.75) is 25.2 Å². The molecule has 0 radical (unpaired) electrons. The van der Waals surface area contributed by atoms with Crippen molar-refractivity contribution in [1.29, 1.82) is 0 Å². The number of carbonyl (C=O) groups excluding carboxylic acids is 1. The Balaban J connectivity index is 1.96. The molecule has 0 bridgehead atoms. The smallest absolute Gasteiger partial charge is 0.223 e. The van der Waals surface area contributed by atoms with Gasteiger partial charge in [0.25, 0.3) is 0 Å². The summed E-state index contributed by atoms with van der Waals surface area (Å²) in [5.74, 6) is 0.574. The standard InChI is InChI=1S/C11H18N4O/c12-5-3-11(16)15-7-1-2-9(8-15)10-4-6-13-14-10/h4,6,9H,1-3,5,7-8,12H2,(H,13,14). The van der Waals surface area contributed by atoms with Crippen molar-refractivity contribution in [3.63, 3.8) is 0 Å². The monoisotopic (exact) mass is 222 g/mol. The van der Waals surface area contributed by atoms with Gasteiger partial charge in [0, 0.05) is 43.9 Å². The molecule has 1 aromatic rings. The Morgan fingerprint density at radius 1 is 1.69 bits per heavy atom. The van der Waals surface area contributed by atoms with Gasteiger partial charge in [-0.15, -0.1) is 0 Å². The van der Waals surface area contributed by atoms with Crippen molar-refractivity contribution in [1.82, 2.24) is 15.1 Å². The molecule has 1 fully saturated rings. The van der Waals surface area contributed by atoms with Crippen molar-refractivity contribution in [2.24, 2.45) is 5.73 Å². The molecule has 0 aromatic carbocycles. The maximum Gasteiger partial charge on any atom is 0.223 e. The number of hydrogen-bond donors (Lipinski definition) is 2. The number of carbonyl (C=O) groups is 1. The lowest BCUT2D eigenvalue weighted by Crippen LogP contribution is -2.39. The number of hydrogen-bond acceptors (Lipinski definition) is 3. The number of aromatic amines is 1. The molecular formula is C11H18N4O. The summed E-state index contributed by atoms with van der Waals surface area (Å²) in [4.78, 5) is 13.7. The molecular weight excluding hydrogens is 204 g/mol. The van der Waals surface area contributed by atoms with Gasteiger partial charge in [-0.2, -0.15) is 5.10 Å². The van der Waals surface area contributed by atoms with Crippen LogP contribution in [0, 0.1) is 0 Å². The zero-order chi connectivity index (χ0) is 11.4. The zero-order valence-corrected chi connectivity index (χ0v) is 9.35. The molecule has 5 nitrogen and oxygen atoms in total. The molecule has 1 aliphatic heterocycles. The van der Waals surface area contributed by atoms with Gasteiger partial charge in [0.1, 0.15) is 0 Å². The number of aromatic nitrogens is 2. The van der Waals surface area contributed by atoms with E-state index in [2.05, 4.69) is 10.2 Å². The molecule has 0 spiro atoms. The molecule has 1 aliphatic rings. The lowest BCUT2D eigenvalue weighted by Gasteiger charge is -2.32. The number of nitrogens with zero attached hydrogens (tertiary/aromatic N) is 2. The fraction of sp³-hybridized carbons (Fsp3) is 0.636. The second-order valence-electron chi connectivity index (χ2n) is 4.23. The molecule has 2 rings (SSSR count). The lowest BCUT2D eigenvalue weighted by atomic mass is 9.95. The van der Waals surface area contributed by atoms with Crippen molar-refractivity contribution < 1.29 is 4.79 Å². The number of amides is 1. The van der Waals surface area contributed by atoms with Crippen LogP contribution in [-0.4, -0.2) is 40.6 Å². The Bertz CT molecular complexity index is 336. The molecule has 16 heavy (non-hydrogen) atoms. The SMILES string of the molecule is NCCC(=O)N1CCCC(c2ccn[nH]2)C1. The predicted molar refractivity (Wildman–Crippen MR) is 60.8 cm³/mol. The van der Waals surface area contributed by atoms with E-state index in [1.165, 1.54) is 0 Å². The van der Waals surface area contributed by atoms with E-state index in [0.717, 1.165) is 31.6 Å². The van der Waals surface area contributed by atoms with E-state index in [0.29, 0.717) is 18.9 Å². The number of rotatable bonds is 3. The minimum Gasteiger partial charge on any atom is -0.342 e. The van der Waals surface area contributed by atoms with Crippen molar-refractivity contribution in [3.8, 4) is 0 Å². The van der Waals surface area contributed by atoms with Gasteiger partial charge in [0.15, 0.2) is 0 Å². The Labute approximate surface area is 95.0 Å². The van der Waals surface area contributed by atoms with Gasteiger partial charge in [-0.1, -0.05) is 0 Å². The number of piperidine rings is 1. The molecule has 0 aliphatic carbocycles. The summed E-state index contributed by atoms with van der Waals surface area (Å²) in [5.41, 5.74) is 6.53. The first-order valence-corrected chi connectivity index (χ1v) is 5.78. The first-order valence-electron chi connectivity index (χ1n) is 5.78. The van der Waals surface area contributed by atoms with E-state index in [4.69, 9.17) is 5.73 Å². The third-order valence-corrected chi connectivity index (χ3v) is 3.09. The van der Waals surface area contributed by atoms with E-state index >= 15 is 0 Å². The van der Waals surface area contributed by atoms with Crippen LogP contribution in [0.25, 0.3) is 0 Å². The predicted octanol–water partition coefficient (Wildman–Crippen LogP) is 0.464. The van der Waals surface area contributed by atoms with Gasteiger partial charge in [-0.3, -0.25) is 9.89 Å². The highest BCUT2D eigenvalue weighted by atomic mass is 16.2. The van der Waals surface area contributed by atoms with Crippen LogP contribution in [0.1, 0.15) is 30.9 Å². The summed E-state index contributed by atoms with van der Waals surface area (Å²) in [7, 11) is 0. The van der Waals surface area contributed by atoms with Gasteiger partial charge in [-0.05, 0) is 18.9 Å². The van der Waals surface area contributed by atoms with E-state index in [1.54, 1.807) is 6.20 Å². The minimum absolute atomic E-state index is 0.173. The average Bonchev–Trinajstić information content (AvgIpc) is 2.83. The van der Waals surface area contributed by atoms with E-state index in [1.807, 2.05) is 11.0 Å². The number of likely N-dealkylation sites (tertiary alicyclic amines) is 1. The summed E-state index contributed by atoms with van der Waals surface area (Å²) in [6.45, 7) is 2.09. The lowest BCUT2D eigenvalue weighted by molar-refractivity contribution is -0.132. The molecule has 5 heteroatoms. The highest BCUT2D eigenvalue weighted by Gasteiger charge is 2.24. The second kappa shape index (κ2) is 5.12. The van der Waals surface area contributed by atoms with E-state index in [9.17, 15) is 4.79 Å². The maximum atomic E-state index is 11.7. The summed E-state index contributed by atoms with van der Waals surface area (Å²) in [6, 6.07) is 1.99. The van der Waals surface area contributed by atoms with E-state index < -0.39 is 0 Å². The molecule has 1 saturated heterocycles. The quantitative estimate of drug-likeness (QED) is 0.780. The summed E-state index contributed by atoms with van der Waals surface area (Å²) >= 11 is 0. The number of nitrogens with one attached hydrogen (secondary N) is 1. The van der Waals surface area contributed by atoms with Crippen LogP contribution < -0.4 is 5.73 Å². The first kappa shape index (κ1) is 11.1. The van der Waals surface area contributed by atoms with Crippen LogP contribution in [0.2, 0.25) is 0 Å². The van der Waals surface area contributed by atoms with Crippen LogP contribution in [0.4, 0.5) is 0 Å². The van der Waals surface area contributed by atoms with Gasteiger partial charge in [-0.25, -0.2) is 0 Å². The van der Waals surface area contributed by atoms with Crippen molar-refractivity contribution in [2.75, 3.05) is 19.6 Å². The highest BCUT2D eigenvalue weighted by Crippen LogP contribution is 2.25. The molecule has 1 aromatic heterocycles. The zero-order valence-electron chi connectivity index (χ0n) is 9.35. The Hall–Kier alpha value is -1.36. The molecule has 1 atom stereocenters. The summed E-state index contributed by atoms with van der Waals surface area (Å²) < 4.78 is 0. The molecule has 88 valence electrons. The normalized spacial score (nSPS) is 21.1. The van der Waals surface area contributed by atoms with Crippen molar-refractivity contribution in [3.05, 3.63) is 18.0 Å². The fourth-order valence-electron chi connectivity index (χ4n) is 2.23. The van der Waals surface area contributed by atoms with Gasteiger partial charge in [0.05, 0.1) is 0 Å². The Morgan fingerprint density at radius 2 is 2.56 bits per heavy atom. The third-order valence-electron chi connectivity index (χ3n) is 3.09. The van der Waals surface area contributed by atoms with Gasteiger partial charge in [0.2, 0.25) is 5.91 Å². The molecule has 1 amide bonds. The van der Waals surface area contributed by atoms with Crippen LogP contribution in [-0.2, 0) is 4.79 Å². The molecule has 3 N–H and O–H groups in total. The number of H-pyrrole nitrogens is 1. The van der Waals surface area contributed by atoms with Crippen LogP contribution in [0.5, 0.6) is 0 Å². The summed E-state index contributed by atoms with van der Waals surface area (Å²) in [6.07, 6.45) is 4.39. The molecule has 0 saturated carbocycles. The minimum atomic E-state index is 0.173. The van der Waals surface area contributed by atoms with E-state index in [-0.39, 0.29) is 5.91 Å². The van der Waals surface area contributed by atoms with Crippen molar-refractivity contribution >= 4 is 5.91 Å². The van der Waals surface area contributed by atoms with Gasteiger partial charge < -0.3 is 10.6 Å². The third kappa shape index (κ3) is 2.41. The second-order valence-corrected chi connectivity index (χ2v) is 4.23. The fourth-order valence-corrected chi connectivity index (χ4v) is 2.23. The Kier molecular flexibility index (Phi) is 3.56. The number of nitrogens with two attached hydrogens (primary N) is 1. The molecule has 2 heterocycles. The van der Waals surface area contributed by atoms with Crippen LogP contribution in [0.3, 0.4) is 0 Å². The topological polar surface area (TPSA) is 75.0 Å². The highest BCUT2D eigenvalue weighted by molar-refractivity contribution is 5.76. The van der Waals surface area contributed by atoms with Gasteiger partial charge >= 0.3 is 0 Å². The Morgan fingerprint density at radius 3 is 3.25 bits per heavy atom.